The maximum atomic E-state index is 12.6. The van der Waals surface area contributed by atoms with Crippen LogP contribution in [0.15, 0.2) is 74.9 Å². The van der Waals surface area contributed by atoms with Gasteiger partial charge in [0.2, 0.25) is 0 Å². The van der Waals surface area contributed by atoms with Crippen LogP contribution in [-0.4, -0.2) is 177 Å². The van der Waals surface area contributed by atoms with Gasteiger partial charge in [-0.15, -0.1) is 57.8 Å². The van der Waals surface area contributed by atoms with Crippen molar-refractivity contribution in [2.75, 3.05) is 44.7 Å². The van der Waals surface area contributed by atoms with Crippen LogP contribution in [0, 0.1) is 0 Å². The van der Waals surface area contributed by atoms with Gasteiger partial charge in [0.05, 0.1) is 71.9 Å². The smallest absolute Gasteiger partial charge is 0.444 e. The van der Waals surface area contributed by atoms with Gasteiger partial charge >= 0.3 is 25.3 Å². The number of thiazole rings is 4. The molecule has 1 aromatic carbocycles. The van der Waals surface area contributed by atoms with Gasteiger partial charge in [0.1, 0.15) is 41.7 Å². The molecular weight excluding hydrogens is 1510 g/mol. The Labute approximate surface area is 627 Å². The lowest BCUT2D eigenvalue weighted by Gasteiger charge is -2.30. The molecule has 0 saturated carbocycles. The van der Waals surface area contributed by atoms with E-state index in [1.54, 1.807) is 94.4 Å². The number of benzene rings is 1. The molecule has 0 unspecified atom stereocenters. The van der Waals surface area contributed by atoms with Crippen molar-refractivity contribution in [2.45, 2.75) is 169 Å². The van der Waals surface area contributed by atoms with Crippen molar-refractivity contribution >= 4 is 138 Å². The van der Waals surface area contributed by atoms with Gasteiger partial charge in [0.25, 0.3) is 0 Å². The fourth-order valence-electron chi connectivity index (χ4n) is 10.7. The van der Waals surface area contributed by atoms with Gasteiger partial charge in [-0.2, -0.15) is 20.4 Å². The summed E-state index contributed by atoms with van der Waals surface area (Å²) in [7, 11) is -3.99. The number of nitrogens with one attached hydrogen (secondary N) is 4. The van der Waals surface area contributed by atoms with Gasteiger partial charge in [-0.3, -0.25) is 30.1 Å². The van der Waals surface area contributed by atoms with E-state index in [4.69, 9.17) is 35.6 Å². The minimum atomic E-state index is -1.69. The standard InChI is InChI=1S/C20H32N4O3SSi.C17H32BN3O5Si.C16H14ClN5OS.C9H10N4S.C3H2BrNS.ClH/c1-20(2,3)27-19(25)23-8-7-16-15(12-23)18(17-11-21-13-28-17)22-24(16)14-26-9-10-29(4,5)6;1-17(2,3)26-16(22)20-8-7-14-13(11-20)15(18(23)24)19-21(14)12-25-9-10-27(4,5)6;17-10-2-1-3-11(6-10)19-16(23)22-5-4-13-12(8-22)15(21-20-13)14-7-18-9-24-14;1-2-10-3-6-7(1)12-13-9(6)8-4-11-5-14-8;4-3-1-5-2-6-3;/h11,13H,7-10,12,14H2,1-6H3;23-24H,7-12H2,1-6H3;1-3,6-7,9H,4-5,8H2,(H,19,23)(H,20,21);4-5,10H,1-3H2,(H,12,13);1-2H;1H. The van der Waals surface area contributed by atoms with Crippen LogP contribution in [0.5, 0.6) is 0 Å². The molecule has 0 radical (unpaired) electrons. The summed E-state index contributed by atoms with van der Waals surface area (Å²) in [5.41, 5.74) is 18.3. The van der Waals surface area contributed by atoms with Crippen molar-refractivity contribution in [3.05, 3.63) is 125 Å². The maximum absolute atomic E-state index is 12.6. The van der Waals surface area contributed by atoms with Gasteiger partial charge in [-0.1, -0.05) is 56.9 Å². The summed E-state index contributed by atoms with van der Waals surface area (Å²) < 4.78 is 27.4. The molecule has 6 N–H and O–H groups in total. The van der Waals surface area contributed by atoms with E-state index in [0.717, 1.165) is 115 Å². The summed E-state index contributed by atoms with van der Waals surface area (Å²) in [4.78, 5) is 61.9. The van der Waals surface area contributed by atoms with E-state index >= 15 is 0 Å². The predicted octanol–water partition coefficient (Wildman–Crippen LogP) is 13.1. The number of aromatic nitrogens is 12. The first-order chi connectivity index (χ1) is 47.5. The Balaban J connectivity index is 0.000000169. The molecular formula is C65H91BBrCl2N17O9S4Si2. The number of urea groups is 1. The van der Waals surface area contributed by atoms with Gasteiger partial charge in [0.15, 0.2) is 0 Å². The molecule has 13 rings (SSSR count). The molecule has 0 atom stereocenters. The average Bonchev–Trinajstić information content (AvgIpc) is 1.58. The van der Waals surface area contributed by atoms with Crippen LogP contribution in [0.1, 0.15) is 86.6 Å². The Morgan fingerprint density at radius 3 is 1.60 bits per heavy atom. The highest BCUT2D eigenvalue weighted by Crippen LogP contribution is 2.35. The number of carbonyl (C=O) groups is 3. The number of amides is 4. The third-order valence-electron chi connectivity index (χ3n) is 15.8. The van der Waals surface area contributed by atoms with Crippen molar-refractivity contribution in [1.29, 1.82) is 0 Å². The maximum Gasteiger partial charge on any atom is 0.510 e. The summed E-state index contributed by atoms with van der Waals surface area (Å²) in [6.07, 6.45) is 9.67. The first kappa shape index (κ1) is 80.4. The van der Waals surface area contributed by atoms with E-state index in [0.29, 0.717) is 68.8 Å². The van der Waals surface area contributed by atoms with E-state index in [-0.39, 0.29) is 43.4 Å². The lowest BCUT2D eigenvalue weighted by Crippen LogP contribution is -2.43. The Morgan fingerprint density at radius 1 is 0.634 bits per heavy atom. The number of carbonyl (C=O) groups excluding carboxylic acids is 3. The average molecular weight is 1600 g/mol. The number of halogens is 3. The van der Waals surface area contributed by atoms with Crippen LogP contribution in [-0.2, 0) is 84.3 Å². The van der Waals surface area contributed by atoms with Crippen LogP contribution < -0.4 is 16.2 Å². The van der Waals surface area contributed by atoms with Crippen molar-refractivity contribution < 1.29 is 43.4 Å². The quantitative estimate of drug-likeness (QED) is 0.0410. The van der Waals surface area contributed by atoms with Gasteiger partial charge in [-0.25, -0.2) is 23.7 Å². The zero-order chi connectivity index (χ0) is 71.9. The molecule has 0 fully saturated rings. The summed E-state index contributed by atoms with van der Waals surface area (Å²) >= 11 is 15.5. The summed E-state index contributed by atoms with van der Waals surface area (Å²) in [6.45, 7) is 32.1. The van der Waals surface area contributed by atoms with Crippen LogP contribution in [0.25, 0.3) is 31.7 Å². The second-order valence-corrected chi connectivity index (χ2v) is 45.1. The van der Waals surface area contributed by atoms with Crippen molar-refractivity contribution in [3.8, 4) is 31.7 Å². The predicted molar refractivity (Wildman–Crippen MR) is 411 cm³/mol. The summed E-state index contributed by atoms with van der Waals surface area (Å²) in [6, 6.07) is 9.18. The molecule has 0 bridgehead atoms. The molecule has 8 aromatic heterocycles. The largest absolute Gasteiger partial charge is 0.510 e. The molecule has 4 aliphatic rings. The SMILES string of the molecule is Brc1cncs1.CC(C)(C)OC(=O)N1CCc2c(c(-c3cncs3)nn2COCC[Si](C)(C)C)C1.CC(C)(C)OC(=O)N1CCc2c(c(B(O)O)nn2COCC[Si](C)(C)C)C1.Cl.O=C(Nc1cccc(Cl)c1)N1CCc2[nH]nc(-c3cncs3)c2C1.c1ncc(-c2n[nH]c3c2CNCC3)s1. The Morgan fingerprint density at radius 2 is 1.12 bits per heavy atom. The molecule has 4 aliphatic heterocycles. The minimum Gasteiger partial charge on any atom is -0.444 e. The van der Waals surface area contributed by atoms with Gasteiger partial charge in [-0.05, 0) is 87.8 Å². The van der Waals surface area contributed by atoms with Gasteiger partial charge in [0, 0.05) is 162 Å². The Hall–Kier alpha value is -6.25. The molecule has 12 heterocycles. The lowest BCUT2D eigenvalue weighted by atomic mass is 9.81. The molecule has 546 valence electrons. The minimum absolute atomic E-state index is 0. The molecule has 0 spiro atoms. The summed E-state index contributed by atoms with van der Waals surface area (Å²) in [5.74, 6) is 0. The van der Waals surface area contributed by atoms with E-state index in [1.165, 1.54) is 22.6 Å². The zero-order valence-electron chi connectivity index (χ0n) is 59.1. The number of ether oxygens (including phenoxy) is 4. The molecule has 36 heteroatoms. The van der Waals surface area contributed by atoms with E-state index in [9.17, 15) is 24.4 Å². The first-order valence-electron chi connectivity index (χ1n) is 32.9. The highest BCUT2D eigenvalue weighted by molar-refractivity contribution is 9.11. The van der Waals surface area contributed by atoms with E-state index in [2.05, 4.69) is 111 Å². The number of fused-ring (bicyclic) bond motifs is 4. The second-order valence-electron chi connectivity index (χ2n) is 28.5. The van der Waals surface area contributed by atoms with Crippen molar-refractivity contribution in [2.24, 2.45) is 0 Å². The topological polar surface area (TPSA) is 307 Å². The zero-order valence-corrected chi connectivity index (χ0v) is 67.5. The number of rotatable bonds is 15. The molecule has 101 heavy (non-hydrogen) atoms. The number of hydrogen-bond acceptors (Lipinski definition) is 22. The van der Waals surface area contributed by atoms with E-state index < -0.39 is 40.6 Å². The molecule has 9 aromatic rings. The molecule has 26 nitrogen and oxygen atoms in total. The highest BCUT2D eigenvalue weighted by Gasteiger charge is 2.35. The lowest BCUT2D eigenvalue weighted by molar-refractivity contribution is 0.0208. The third kappa shape index (κ3) is 23.9. The third-order valence-corrected chi connectivity index (χ3v) is 23.1. The first-order valence-corrected chi connectivity index (χ1v) is 45.1. The number of aromatic amines is 2. The molecule has 4 amide bonds. The number of anilines is 1. The van der Waals surface area contributed by atoms with Crippen LogP contribution in [0.3, 0.4) is 0 Å². The fourth-order valence-corrected chi connectivity index (χ4v) is 15.0. The molecule has 0 aliphatic carbocycles. The summed E-state index contributed by atoms with van der Waals surface area (Å²) in [5, 5.41) is 50.3. The van der Waals surface area contributed by atoms with Crippen LogP contribution in [0.2, 0.25) is 56.4 Å². The van der Waals surface area contributed by atoms with Crippen LogP contribution in [0.4, 0.5) is 20.1 Å². The van der Waals surface area contributed by atoms with Crippen molar-refractivity contribution in [1.82, 2.24) is 79.9 Å². The normalized spacial score (nSPS) is 14.1. The van der Waals surface area contributed by atoms with Crippen molar-refractivity contribution in [3.63, 3.8) is 0 Å². The van der Waals surface area contributed by atoms with Gasteiger partial charge < -0.3 is 54.3 Å². The fraction of sp³-hybridized carbons (Fsp3) is 0.492. The number of nitrogens with zero attached hydrogens (tertiary/aromatic N) is 13. The van der Waals surface area contributed by atoms with Crippen LogP contribution >= 0.6 is 85.3 Å². The Bertz CT molecular complexity index is 4080. The van der Waals surface area contributed by atoms with E-state index in [1.807, 2.05) is 76.3 Å². The number of H-pyrrole nitrogens is 2. The monoisotopic (exact) mass is 1600 g/mol. The highest BCUT2D eigenvalue weighted by atomic mass is 79.9. The molecule has 0 saturated heterocycles. The Kier molecular flexibility index (Phi) is 29.0. The number of hydrogen-bond donors (Lipinski definition) is 6. The second kappa shape index (κ2) is 36.4.